The maximum Gasteiger partial charge on any atom is 0.326 e. The minimum atomic E-state index is -0.833. The van der Waals surface area contributed by atoms with Gasteiger partial charge in [-0.3, -0.25) is 29.5 Å². The fourth-order valence-corrected chi connectivity index (χ4v) is 6.62. The van der Waals surface area contributed by atoms with Gasteiger partial charge in [-0.2, -0.15) is 5.21 Å². The fraction of sp³-hybridized carbons (Fsp3) is 0.400. The number of tetrazole rings is 1. The molecule has 0 bridgehead atoms. The third-order valence-corrected chi connectivity index (χ3v) is 9.77. The molecule has 47 heavy (non-hydrogen) atoms. The highest BCUT2D eigenvalue weighted by Gasteiger charge is 2.39. The van der Waals surface area contributed by atoms with E-state index < -0.39 is 5.41 Å². The zero-order chi connectivity index (χ0) is 32.5. The monoisotopic (exact) mass is 634 g/mol. The first-order valence-corrected chi connectivity index (χ1v) is 16.4. The van der Waals surface area contributed by atoms with Crippen molar-refractivity contribution >= 4 is 41.1 Å². The van der Waals surface area contributed by atoms with E-state index in [1.54, 1.807) is 23.1 Å². The fourth-order valence-electron chi connectivity index (χ4n) is 6.62. The smallest absolute Gasteiger partial charge is 0.308 e. The second kappa shape index (κ2) is 12.6. The maximum absolute atomic E-state index is 14.0. The highest BCUT2D eigenvalue weighted by molar-refractivity contribution is 6.22. The van der Waals surface area contributed by atoms with E-state index >= 15 is 0 Å². The minimum Gasteiger partial charge on any atom is -0.308 e. The number of hydrogen-bond donors (Lipinski definition) is 3. The lowest BCUT2D eigenvalue weighted by molar-refractivity contribution is -0.122. The van der Waals surface area contributed by atoms with Gasteiger partial charge in [-0.05, 0) is 97.5 Å². The maximum atomic E-state index is 14.0. The molecule has 1 aromatic heterocycles. The van der Waals surface area contributed by atoms with Crippen molar-refractivity contribution in [1.82, 2.24) is 25.5 Å². The Kier molecular flexibility index (Phi) is 8.17. The molecule has 242 valence electrons. The van der Waals surface area contributed by atoms with Crippen molar-refractivity contribution in [3.05, 3.63) is 83.0 Å². The van der Waals surface area contributed by atoms with Crippen LogP contribution in [-0.4, -0.2) is 62.4 Å². The van der Waals surface area contributed by atoms with Crippen LogP contribution in [0.15, 0.2) is 66.3 Å². The molecule has 12 heteroatoms. The summed E-state index contributed by atoms with van der Waals surface area (Å²) in [5.74, 6) is 0.170. The number of allylic oxidation sites excluding steroid dienone is 1. The van der Waals surface area contributed by atoms with Crippen molar-refractivity contribution in [2.45, 2.75) is 64.2 Å². The summed E-state index contributed by atoms with van der Waals surface area (Å²) in [6.07, 6.45) is 14.2. The Morgan fingerprint density at radius 3 is 2.43 bits per heavy atom. The van der Waals surface area contributed by atoms with Gasteiger partial charge in [-0.1, -0.05) is 54.7 Å². The van der Waals surface area contributed by atoms with Crippen LogP contribution in [0.1, 0.15) is 90.5 Å². The number of aromatic amines is 1. The predicted molar refractivity (Wildman–Crippen MR) is 176 cm³/mol. The van der Waals surface area contributed by atoms with E-state index in [4.69, 9.17) is 0 Å². The van der Waals surface area contributed by atoms with E-state index in [1.165, 1.54) is 42.6 Å². The third-order valence-electron chi connectivity index (χ3n) is 9.77. The Morgan fingerprint density at radius 2 is 1.74 bits per heavy atom. The number of fused-ring (bicyclic) bond motifs is 1. The Labute approximate surface area is 272 Å². The number of aromatic nitrogens is 4. The largest absolute Gasteiger partial charge is 0.326 e. The summed E-state index contributed by atoms with van der Waals surface area (Å²) in [5.41, 5.74) is 3.16. The number of carbonyl (C=O) groups excluding carboxylic acids is 4. The number of rotatable bonds is 9. The number of H-pyrrole nitrogens is 1. The SMILES string of the molecule is CC1(C(=O)Nc2nn[nH]n2)C=CC(CN(C(=O)Nc2ccc3c(c2)C(=O)N(CC2CC2)C3=O)c2ccc(C3CCCCC3)cc2)=CC1. The summed E-state index contributed by atoms with van der Waals surface area (Å²) in [6.45, 7) is 2.52. The number of benzene rings is 2. The quantitative estimate of drug-likeness (QED) is 0.251. The van der Waals surface area contributed by atoms with Gasteiger partial charge >= 0.3 is 6.03 Å². The van der Waals surface area contributed by atoms with Gasteiger partial charge in [0.1, 0.15) is 0 Å². The number of carbonyl (C=O) groups is 4. The van der Waals surface area contributed by atoms with Gasteiger partial charge in [-0.15, -0.1) is 5.10 Å². The van der Waals surface area contributed by atoms with E-state index in [2.05, 4.69) is 43.4 Å². The van der Waals surface area contributed by atoms with Crippen molar-refractivity contribution in [1.29, 1.82) is 0 Å². The van der Waals surface area contributed by atoms with Crippen LogP contribution in [0.2, 0.25) is 0 Å². The molecule has 12 nitrogen and oxygen atoms in total. The topological polar surface area (TPSA) is 153 Å². The lowest BCUT2D eigenvalue weighted by Crippen LogP contribution is -2.37. The first-order valence-electron chi connectivity index (χ1n) is 16.4. The van der Waals surface area contributed by atoms with Crippen LogP contribution < -0.4 is 15.5 Å². The molecule has 1 aliphatic heterocycles. The van der Waals surface area contributed by atoms with Crippen molar-refractivity contribution in [3.8, 4) is 0 Å². The zero-order valence-electron chi connectivity index (χ0n) is 26.4. The molecular formula is C35H38N8O4. The van der Waals surface area contributed by atoms with Gasteiger partial charge < -0.3 is 5.32 Å². The highest BCUT2D eigenvalue weighted by Crippen LogP contribution is 2.36. The van der Waals surface area contributed by atoms with Gasteiger partial charge in [0.15, 0.2) is 0 Å². The molecule has 2 heterocycles. The summed E-state index contributed by atoms with van der Waals surface area (Å²) in [6, 6.07) is 12.7. The normalized spacial score (nSPS) is 21.0. The first-order chi connectivity index (χ1) is 22.8. The second-order valence-electron chi connectivity index (χ2n) is 13.3. The third kappa shape index (κ3) is 6.45. The van der Waals surface area contributed by atoms with Crippen LogP contribution in [0.25, 0.3) is 0 Å². The summed E-state index contributed by atoms with van der Waals surface area (Å²) in [4.78, 5) is 55.9. The van der Waals surface area contributed by atoms with Crippen LogP contribution in [0, 0.1) is 11.3 Å². The number of urea groups is 1. The molecule has 1 atom stereocenters. The summed E-state index contributed by atoms with van der Waals surface area (Å²) < 4.78 is 0. The summed E-state index contributed by atoms with van der Waals surface area (Å²) >= 11 is 0. The number of hydrogen-bond acceptors (Lipinski definition) is 7. The van der Waals surface area contributed by atoms with Crippen LogP contribution in [0.4, 0.5) is 22.1 Å². The molecule has 5 amide bonds. The van der Waals surface area contributed by atoms with E-state index in [0.29, 0.717) is 41.6 Å². The van der Waals surface area contributed by atoms with Gasteiger partial charge in [-0.25, -0.2) is 4.79 Å². The molecule has 0 saturated heterocycles. The molecule has 3 aromatic rings. The highest BCUT2D eigenvalue weighted by atomic mass is 16.2. The van der Waals surface area contributed by atoms with E-state index in [0.717, 1.165) is 24.1 Å². The minimum absolute atomic E-state index is 0.104. The Hall–Kier alpha value is -5.13. The second-order valence-corrected chi connectivity index (χ2v) is 13.3. The predicted octanol–water partition coefficient (Wildman–Crippen LogP) is 5.82. The summed E-state index contributed by atoms with van der Waals surface area (Å²) in [5, 5.41) is 19.0. The lowest BCUT2D eigenvalue weighted by Gasteiger charge is -2.29. The molecule has 0 spiro atoms. The number of imide groups is 1. The van der Waals surface area contributed by atoms with E-state index in [9.17, 15) is 19.2 Å². The lowest BCUT2D eigenvalue weighted by atomic mass is 9.81. The molecule has 2 aromatic carbocycles. The first kappa shape index (κ1) is 30.5. The van der Waals surface area contributed by atoms with Crippen molar-refractivity contribution < 1.29 is 19.2 Å². The Morgan fingerprint density at radius 1 is 0.979 bits per heavy atom. The molecule has 0 radical (unpaired) electrons. The van der Waals surface area contributed by atoms with Crippen LogP contribution >= 0.6 is 0 Å². The Bertz CT molecular complexity index is 1760. The summed E-state index contributed by atoms with van der Waals surface area (Å²) in [7, 11) is 0. The molecule has 3 aliphatic carbocycles. The molecule has 1 unspecified atom stereocenters. The van der Waals surface area contributed by atoms with E-state index in [-0.39, 0.29) is 36.2 Å². The molecule has 4 aliphatic rings. The van der Waals surface area contributed by atoms with Gasteiger partial charge in [0.05, 0.1) is 23.1 Å². The average Bonchev–Trinajstić information content (AvgIpc) is 3.72. The van der Waals surface area contributed by atoms with Gasteiger partial charge in [0.2, 0.25) is 5.91 Å². The van der Waals surface area contributed by atoms with Crippen molar-refractivity contribution in [2.75, 3.05) is 28.6 Å². The van der Waals surface area contributed by atoms with Crippen LogP contribution in [0.5, 0.6) is 0 Å². The molecule has 7 rings (SSSR count). The average molecular weight is 635 g/mol. The van der Waals surface area contributed by atoms with Crippen molar-refractivity contribution in [2.24, 2.45) is 11.3 Å². The molecular weight excluding hydrogens is 596 g/mol. The molecule has 3 N–H and O–H groups in total. The van der Waals surface area contributed by atoms with E-state index in [1.807, 2.05) is 37.3 Å². The Balaban J connectivity index is 1.10. The van der Waals surface area contributed by atoms with Gasteiger partial charge in [0, 0.05) is 17.9 Å². The van der Waals surface area contributed by atoms with Crippen LogP contribution in [0.3, 0.4) is 0 Å². The van der Waals surface area contributed by atoms with Crippen molar-refractivity contribution in [3.63, 3.8) is 0 Å². The van der Waals surface area contributed by atoms with Gasteiger partial charge in [0.25, 0.3) is 17.8 Å². The number of amides is 5. The molecule has 2 fully saturated rings. The standard InChI is InChI=1S/C35H38N8O4/c1-35(32(46)37-33-38-40-41-39-33)17-15-23(16-18-35)20-42(27-12-9-25(10-13-27)24-5-3-2-4-6-24)34(47)36-26-11-14-28-29(19-26)31(45)43(30(28)44)21-22-7-8-22/h9-17,19,22,24H,2-8,18,20-21H2,1H3,(H,36,47)(H2,37,38,39,40,41,46). The number of nitrogens with zero attached hydrogens (tertiary/aromatic N) is 5. The number of anilines is 3. The number of nitrogens with one attached hydrogen (secondary N) is 3. The molecule has 2 saturated carbocycles. The zero-order valence-corrected chi connectivity index (χ0v) is 26.4. The van der Waals surface area contributed by atoms with Crippen LogP contribution in [-0.2, 0) is 4.79 Å².